The van der Waals surface area contributed by atoms with Crippen LogP contribution in [0.5, 0.6) is 0 Å². The average molecular weight is 406 g/mol. The third-order valence-electron chi connectivity index (χ3n) is 5.05. The molecule has 4 rings (SSSR count). The van der Waals surface area contributed by atoms with Crippen LogP contribution < -0.4 is 4.90 Å². The summed E-state index contributed by atoms with van der Waals surface area (Å²) in [7, 11) is 3.14. The fourth-order valence-corrected chi connectivity index (χ4v) is 3.95. The molecule has 28 heavy (non-hydrogen) atoms. The highest BCUT2D eigenvalue weighted by Crippen LogP contribution is 2.39. The summed E-state index contributed by atoms with van der Waals surface area (Å²) in [5, 5.41) is 0.0787. The minimum Gasteiger partial charge on any atom is -0.465 e. The lowest BCUT2D eigenvalue weighted by Gasteiger charge is -2.31. The van der Waals surface area contributed by atoms with E-state index in [1.807, 2.05) is 24.1 Å². The molecule has 8 heteroatoms. The molecule has 3 heterocycles. The van der Waals surface area contributed by atoms with Gasteiger partial charge < -0.3 is 14.2 Å². The van der Waals surface area contributed by atoms with Crippen LogP contribution in [0.4, 0.5) is 20.3 Å². The van der Waals surface area contributed by atoms with Crippen LogP contribution in [-0.4, -0.2) is 29.2 Å². The Kier molecular flexibility index (Phi) is 4.71. The van der Waals surface area contributed by atoms with Gasteiger partial charge in [0.2, 0.25) is 0 Å². The number of alkyl halides is 2. The zero-order valence-electron chi connectivity index (χ0n) is 15.4. The lowest BCUT2D eigenvalue weighted by molar-refractivity contribution is 0.0602. The third kappa shape index (κ3) is 2.99. The Morgan fingerprint density at radius 1 is 1.32 bits per heavy atom. The summed E-state index contributed by atoms with van der Waals surface area (Å²) in [5.41, 5.74) is 3.05. The van der Waals surface area contributed by atoms with E-state index in [1.165, 1.54) is 13.2 Å². The second kappa shape index (κ2) is 7.05. The van der Waals surface area contributed by atoms with Gasteiger partial charge in [0.15, 0.2) is 0 Å². The Hall–Kier alpha value is -2.67. The standard InChI is InChI=1S/C20H18ClF2N3O2/c1-25-10-13(20(27)28-2)18-15(25)5-6-17(24-18)26-7-3-4-11-8-14(21)12(19(22)23)9-16(11)26/h5-6,8-10,19H,3-4,7H2,1-2H3. The Bertz CT molecular complexity index is 1080. The molecular formula is C20H18ClF2N3O2. The Morgan fingerprint density at radius 3 is 2.82 bits per heavy atom. The zero-order valence-corrected chi connectivity index (χ0v) is 16.1. The first-order valence-corrected chi connectivity index (χ1v) is 9.21. The molecule has 0 amide bonds. The van der Waals surface area contributed by atoms with Gasteiger partial charge in [0, 0.05) is 36.1 Å². The number of methoxy groups -OCH3 is 1. The van der Waals surface area contributed by atoms with Crippen LogP contribution in [0.15, 0.2) is 30.5 Å². The van der Waals surface area contributed by atoms with Gasteiger partial charge in [-0.05, 0) is 42.7 Å². The quantitative estimate of drug-likeness (QED) is 0.573. The van der Waals surface area contributed by atoms with Crippen LogP contribution in [-0.2, 0) is 18.2 Å². The van der Waals surface area contributed by atoms with Crippen molar-refractivity contribution >= 4 is 40.1 Å². The molecular weight excluding hydrogens is 388 g/mol. The van der Waals surface area contributed by atoms with E-state index in [0.29, 0.717) is 29.1 Å². The SMILES string of the molecule is COC(=O)c1cn(C)c2ccc(N3CCCc4cc(Cl)c(C(F)F)cc43)nc12. The predicted octanol–water partition coefficient (Wildman–Crippen LogP) is 5.04. The van der Waals surface area contributed by atoms with Crippen molar-refractivity contribution in [2.75, 3.05) is 18.6 Å². The fourth-order valence-electron chi connectivity index (χ4n) is 3.68. The van der Waals surface area contributed by atoms with Crippen LogP contribution >= 0.6 is 11.6 Å². The number of ether oxygens (including phenoxy) is 1. The van der Waals surface area contributed by atoms with Crippen molar-refractivity contribution in [2.24, 2.45) is 7.05 Å². The number of aromatic nitrogens is 2. The van der Waals surface area contributed by atoms with Crippen LogP contribution in [0.3, 0.4) is 0 Å². The Labute approximate surface area is 165 Å². The number of hydrogen-bond donors (Lipinski definition) is 0. The smallest absolute Gasteiger partial charge is 0.341 e. The van der Waals surface area contributed by atoms with E-state index in [0.717, 1.165) is 23.9 Å². The summed E-state index contributed by atoms with van der Waals surface area (Å²) in [6.07, 6.45) is 0.620. The molecule has 3 aromatic rings. The number of pyridine rings is 1. The van der Waals surface area contributed by atoms with Gasteiger partial charge >= 0.3 is 5.97 Å². The van der Waals surface area contributed by atoms with Crippen molar-refractivity contribution in [3.05, 3.63) is 52.2 Å². The molecule has 0 unspecified atom stereocenters. The highest BCUT2D eigenvalue weighted by molar-refractivity contribution is 6.31. The molecule has 0 saturated heterocycles. The van der Waals surface area contributed by atoms with Gasteiger partial charge in [0.1, 0.15) is 16.9 Å². The number of carbonyl (C=O) groups excluding carboxylic acids is 1. The van der Waals surface area contributed by atoms with Gasteiger partial charge in [-0.3, -0.25) is 0 Å². The second-order valence-electron chi connectivity index (χ2n) is 6.74. The van der Waals surface area contributed by atoms with Gasteiger partial charge in [-0.25, -0.2) is 18.6 Å². The molecule has 2 aromatic heterocycles. The van der Waals surface area contributed by atoms with E-state index in [2.05, 4.69) is 4.98 Å². The van der Waals surface area contributed by atoms with E-state index in [1.54, 1.807) is 16.8 Å². The number of nitrogens with zero attached hydrogens (tertiary/aromatic N) is 3. The Balaban J connectivity index is 1.86. The van der Waals surface area contributed by atoms with Crippen molar-refractivity contribution in [3.8, 4) is 0 Å². The van der Waals surface area contributed by atoms with Crippen LogP contribution in [0.25, 0.3) is 11.0 Å². The summed E-state index contributed by atoms with van der Waals surface area (Å²) >= 11 is 6.03. The summed E-state index contributed by atoms with van der Waals surface area (Å²) in [6, 6.07) is 6.75. The zero-order chi connectivity index (χ0) is 20.0. The predicted molar refractivity (Wildman–Crippen MR) is 104 cm³/mol. The van der Waals surface area contributed by atoms with Crippen LogP contribution in [0.1, 0.15) is 34.3 Å². The minimum atomic E-state index is -2.66. The maximum atomic E-state index is 13.3. The molecule has 0 atom stereocenters. The molecule has 1 aromatic carbocycles. The molecule has 0 bridgehead atoms. The summed E-state index contributed by atoms with van der Waals surface area (Å²) in [5.74, 6) is 0.119. The molecule has 146 valence electrons. The number of anilines is 2. The van der Waals surface area contributed by atoms with Gasteiger partial charge in [-0.2, -0.15) is 0 Å². The van der Waals surface area contributed by atoms with Gasteiger partial charge in [-0.1, -0.05) is 11.6 Å². The second-order valence-corrected chi connectivity index (χ2v) is 7.15. The van der Waals surface area contributed by atoms with E-state index in [-0.39, 0.29) is 10.6 Å². The van der Waals surface area contributed by atoms with E-state index < -0.39 is 12.4 Å². The van der Waals surface area contributed by atoms with Gasteiger partial charge in [0.25, 0.3) is 6.43 Å². The number of esters is 1. The van der Waals surface area contributed by atoms with E-state index in [4.69, 9.17) is 16.3 Å². The van der Waals surface area contributed by atoms with Crippen molar-refractivity contribution < 1.29 is 18.3 Å². The Morgan fingerprint density at radius 2 is 2.11 bits per heavy atom. The highest BCUT2D eigenvalue weighted by Gasteiger charge is 2.25. The topological polar surface area (TPSA) is 47.4 Å². The maximum Gasteiger partial charge on any atom is 0.341 e. The first-order chi connectivity index (χ1) is 13.4. The first kappa shape index (κ1) is 18.7. The largest absolute Gasteiger partial charge is 0.465 e. The van der Waals surface area contributed by atoms with Crippen molar-refractivity contribution in [1.82, 2.24) is 9.55 Å². The summed E-state index contributed by atoms with van der Waals surface area (Å²) in [6.45, 7) is 0.635. The number of halogens is 3. The molecule has 5 nitrogen and oxygen atoms in total. The van der Waals surface area contributed by atoms with E-state index in [9.17, 15) is 13.6 Å². The van der Waals surface area contributed by atoms with Crippen molar-refractivity contribution in [2.45, 2.75) is 19.3 Å². The number of rotatable bonds is 3. The molecule has 0 N–H and O–H groups in total. The molecule has 1 aliphatic heterocycles. The molecule has 0 saturated carbocycles. The maximum absolute atomic E-state index is 13.3. The number of hydrogen-bond acceptors (Lipinski definition) is 4. The third-order valence-corrected chi connectivity index (χ3v) is 5.38. The number of carbonyl (C=O) groups is 1. The van der Waals surface area contributed by atoms with Gasteiger partial charge in [-0.15, -0.1) is 0 Å². The molecule has 0 spiro atoms. The fraction of sp³-hybridized carbons (Fsp3) is 0.300. The summed E-state index contributed by atoms with van der Waals surface area (Å²) < 4.78 is 33.3. The summed E-state index contributed by atoms with van der Waals surface area (Å²) in [4.78, 5) is 18.7. The molecule has 0 fully saturated rings. The lowest BCUT2D eigenvalue weighted by Crippen LogP contribution is -2.25. The first-order valence-electron chi connectivity index (χ1n) is 8.83. The number of benzene rings is 1. The average Bonchev–Trinajstić information content (AvgIpc) is 3.02. The van der Waals surface area contributed by atoms with Crippen molar-refractivity contribution in [3.63, 3.8) is 0 Å². The van der Waals surface area contributed by atoms with E-state index >= 15 is 0 Å². The minimum absolute atomic E-state index is 0.0787. The molecule has 1 aliphatic rings. The van der Waals surface area contributed by atoms with Gasteiger partial charge in [0.05, 0.1) is 12.6 Å². The normalized spacial score (nSPS) is 13.9. The highest BCUT2D eigenvalue weighted by atomic mass is 35.5. The number of fused-ring (bicyclic) bond motifs is 2. The lowest BCUT2D eigenvalue weighted by atomic mass is 9.99. The van der Waals surface area contributed by atoms with Crippen LogP contribution in [0.2, 0.25) is 5.02 Å². The molecule has 0 aliphatic carbocycles. The van der Waals surface area contributed by atoms with Crippen LogP contribution in [0, 0.1) is 0 Å². The number of aryl methyl sites for hydroxylation is 2. The van der Waals surface area contributed by atoms with Crippen molar-refractivity contribution in [1.29, 1.82) is 0 Å². The molecule has 0 radical (unpaired) electrons. The monoisotopic (exact) mass is 405 g/mol.